The Kier molecular flexibility index (Phi) is 4.93. The van der Waals surface area contributed by atoms with Crippen LogP contribution in [0.3, 0.4) is 0 Å². The van der Waals surface area contributed by atoms with Gasteiger partial charge < -0.3 is 14.8 Å². The zero-order chi connectivity index (χ0) is 18.1. The Morgan fingerprint density at radius 1 is 1.31 bits per heavy atom. The molecule has 1 aromatic heterocycles. The number of thioether (sulfide) groups is 1. The number of hydrogen-bond donors (Lipinski definition) is 1. The predicted molar refractivity (Wildman–Crippen MR) is 104 cm³/mol. The molecule has 1 atom stereocenters. The molecule has 1 amide bonds. The number of aromatic nitrogens is 1. The van der Waals surface area contributed by atoms with Gasteiger partial charge in [0.05, 0.1) is 22.0 Å². The Hall–Kier alpha value is -1.96. The molecule has 0 fully saturated rings. The summed E-state index contributed by atoms with van der Waals surface area (Å²) in [4.78, 5) is 16.8. The molecule has 0 radical (unpaired) electrons. The second-order valence-electron chi connectivity index (χ2n) is 5.78. The number of thiazole rings is 1. The standard InChI is InChI=1S/C18H15ClN2O3S2/c1-10(11-2-4-14-15(6-11)24-9-23-14)20-17(22)8-25-18-21-13-7-12(19)3-5-16(13)26-18/h2-7,10H,8-9H2,1H3,(H,20,22)/t10-/m0/s1. The third-order valence-corrected chi connectivity index (χ3v) is 6.35. The number of hydrogen-bond acceptors (Lipinski definition) is 6. The molecule has 2 heterocycles. The van der Waals surface area contributed by atoms with Crippen LogP contribution < -0.4 is 14.8 Å². The smallest absolute Gasteiger partial charge is 0.231 e. The highest BCUT2D eigenvalue weighted by molar-refractivity contribution is 8.01. The maximum absolute atomic E-state index is 12.3. The maximum atomic E-state index is 12.3. The van der Waals surface area contributed by atoms with E-state index in [0.717, 1.165) is 25.9 Å². The number of benzene rings is 2. The highest BCUT2D eigenvalue weighted by Gasteiger charge is 2.17. The summed E-state index contributed by atoms with van der Waals surface area (Å²) >= 11 is 8.97. The average molecular weight is 407 g/mol. The molecule has 5 nitrogen and oxygen atoms in total. The number of carbonyl (C=O) groups is 1. The Balaban J connectivity index is 1.35. The molecule has 3 aromatic rings. The van der Waals surface area contributed by atoms with Gasteiger partial charge in [0.2, 0.25) is 12.7 Å². The van der Waals surface area contributed by atoms with Crippen molar-refractivity contribution in [3.63, 3.8) is 0 Å². The number of ether oxygens (including phenoxy) is 2. The summed E-state index contributed by atoms with van der Waals surface area (Å²) in [6, 6.07) is 11.2. The zero-order valence-electron chi connectivity index (χ0n) is 13.8. The lowest BCUT2D eigenvalue weighted by molar-refractivity contribution is -0.119. The minimum atomic E-state index is -0.119. The average Bonchev–Trinajstić information content (AvgIpc) is 3.24. The Morgan fingerprint density at radius 3 is 3.04 bits per heavy atom. The van der Waals surface area contributed by atoms with Gasteiger partial charge in [-0.1, -0.05) is 29.4 Å². The predicted octanol–water partition coefficient (Wildman–Crippen LogP) is 4.65. The molecule has 1 aliphatic heterocycles. The summed E-state index contributed by atoms with van der Waals surface area (Å²) in [7, 11) is 0. The molecule has 0 spiro atoms. The molecule has 0 bridgehead atoms. The van der Waals surface area contributed by atoms with Crippen LogP contribution in [0.2, 0.25) is 5.02 Å². The monoisotopic (exact) mass is 406 g/mol. The molecule has 1 aliphatic rings. The number of carbonyl (C=O) groups excluding carboxylic acids is 1. The molecule has 134 valence electrons. The van der Waals surface area contributed by atoms with Crippen molar-refractivity contribution in [2.24, 2.45) is 0 Å². The molecule has 1 N–H and O–H groups in total. The lowest BCUT2D eigenvalue weighted by Crippen LogP contribution is -2.28. The van der Waals surface area contributed by atoms with E-state index in [-0.39, 0.29) is 18.7 Å². The van der Waals surface area contributed by atoms with Gasteiger partial charge in [0.15, 0.2) is 15.8 Å². The van der Waals surface area contributed by atoms with Gasteiger partial charge >= 0.3 is 0 Å². The maximum Gasteiger partial charge on any atom is 0.231 e. The highest BCUT2D eigenvalue weighted by Crippen LogP contribution is 2.34. The second-order valence-corrected chi connectivity index (χ2v) is 8.47. The van der Waals surface area contributed by atoms with Gasteiger partial charge in [-0.05, 0) is 42.8 Å². The molecular formula is C18H15ClN2O3S2. The molecule has 0 saturated heterocycles. The lowest BCUT2D eigenvalue weighted by atomic mass is 10.1. The molecule has 8 heteroatoms. The van der Waals surface area contributed by atoms with Crippen LogP contribution in [0, 0.1) is 0 Å². The van der Waals surface area contributed by atoms with E-state index in [1.165, 1.54) is 11.8 Å². The molecule has 2 aromatic carbocycles. The van der Waals surface area contributed by atoms with Crippen molar-refractivity contribution in [1.29, 1.82) is 0 Å². The minimum Gasteiger partial charge on any atom is -0.454 e. The highest BCUT2D eigenvalue weighted by atomic mass is 35.5. The minimum absolute atomic E-state index is 0.0440. The van der Waals surface area contributed by atoms with Crippen molar-refractivity contribution in [2.45, 2.75) is 17.3 Å². The van der Waals surface area contributed by atoms with Gasteiger partial charge in [0.25, 0.3) is 0 Å². The van der Waals surface area contributed by atoms with Crippen LogP contribution in [-0.2, 0) is 4.79 Å². The van der Waals surface area contributed by atoms with Crippen LogP contribution in [0.1, 0.15) is 18.5 Å². The van der Waals surface area contributed by atoms with Crippen LogP contribution in [-0.4, -0.2) is 23.4 Å². The van der Waals surface area contributed by atoms with E-state index >= 15 is 0 Å². The first-order valence-electron chi connectivity index (χ1n) is 7.96. The third kappa shape index (κ3) is 3.75. The first-order chi connectivity index (χ1) is 12.6. The van der Waals surface area contributed by atoms with Gasteiger partial charge in [0.1, 0.15) is 0 Å². The SMILES string of the molecule is C[C@H](NC(=O)CSc1nc2cc(Cl)ccc2s1)c1ccc2c(c1)OCO2. The summed E-state index contributed by atoms with van der Waals surface area (Å²) < 4.78 is 12.6. The van der Waals surface area contributed by atoms with Crippen molar-refractivity contribution < 1.29 is 14.3 Å². The Bertz CT molecular complexity index is 976. The van der Waals surface area contributed by atoms with E-state index in [4.69, 9.17) is 21.1 Å². The fourth-order valence-corrected chi connectivity index (χ4v) is 4.64. The van der Waals surface area contributed by atoms with E-state index < -0.39 is 0 Å². The van der Waals surface area contributed by atoms with Gasteiger partial charge in [-0.25, -0.2) is 4.98 Å². The lowest BCUT2D eigenvalue weighted by Gasteiger charge is -2.14. The zero-order valence-corrected chi connectivity index (χ0v) is 16.2. The van der Waals surface area contributed by atoms with E-state index in [0.29, 0.717) is 16.5 Å². The fourth-order valence-electron chi connectivity index (χ4n) is 2.62. The van der Waals surface area contributed by atoms with Gasteiger partial charge in [0, 0.05) is 5.02 Å². The third-order valence-electron chi connectivity index (χ3n) is 3.93. The number of nitrogens with one attached hydrogen (secondary N) is 1. The normalized spacial score (nSPS) is 13.8. The molecular weight excluding hydrogens is 392 g/mol. The number of nitrogens with zero attached hydrogens (tertiary/aromatic N) is 1. The van der Waals surface area contributed by atoms with Crippen LogP contribution in [0.4, 0.5) is 0 Å². The van der Waals surface area contributed by atoms with Gasteiger partial charge in [-0.3, -0.25) is 4.79 Å². The summed E-state index contributed by atoms with van der Waals surface area (Å²) in [6.45, 7) is 2.18. The Labute approximate surface area is 163 Å². The molecule has 0 unspecified atom stereocenters. The van der Waals surface area contributed by atoms with Gasteiger partial charge in [-0.15, -0.1) is 11.3 Å². The van der Waals surface area contributed by atoms with E-state index in [9.17, 15) is 4.79 Å². The summed E-state index contributed by atoms with van der Waals surface area (Å²) in [6.07, 6.45) is 0. The van der Waals surface area contributed by atoms with E-state index in [1.54, 1.807) is 11.3 Å². The quantitative estimate of drug-likeness (QED) is 0.625. The number of fused-ring (bicyclic) bond motifs is 2. The van der Waals surface area contributed by atoms with Crippen LogP contribution >= 0.6 is 34.7 Å². The first-order valence-corrected chi connectivity index (χ1v) is 10.1. The van der Waals surface area contributed by atoms with E-state index in [2.05, 4.69) is 10.3 Å². The Morgan fingerprint density at radius 2 is 2.15 bits per heavy atom. The molecule has 26 heavy (non-hydrogen) atoms. The number of rotatable bonds is 5. The van der Waals surface area contributed by atoms with Crippen molar-refractivity contribution in [2.75, 3.05) is 12.5 Å². The van der Waals surface area contributed by atoms with Gasteiger partial charge in [-0.2, -0.15) is 0 Å². The van der Waals surface area contributed by atoms with Crippen LogP contribution in [0.15, 0.2) is 40.7 Å². The second kappa shape index (κ2) is 7.34. The van der Waals surface area contributed by atoms with Crippen molar-refractivity contribution in [1.82, 2.24) is 10.3 Å². The van der Waals surface area contributed by atoms with Crippen molar-refractivity contribution >= 4 is 50.8 Å². The summed E-state index contributed by atoms with van der Waals surface area (Å²) in [5.41, 5.74) is 1.83. The summed E-state index contributed by atoms with van der Waals surface area (Å²) in [5.74, 6) is 1.71. The van der Waals surface area contributed by atoms with Crippen LogP contribution in [0.5, 0.6) is 11.5 Å². The number of amides is 1. The molecule has 4 rings (SSSR count). The fraction of sp³-hybridized carbons (Fsp3) is 0.222. The van der Waals surface area contributed by atoms with Crippen LogP contribution in [0.25, 0.3) is 10.2 Å². The topological polar surface area (TPSA) is 60.5 Å². The van der Waals surface area contributed by atoms with Crippen molar-refractivity contribution in [3.8, 4) is 11.5 Å². The number of halogens is 1. The molecule has 0 saturated carbocycles. The first kappa shape index (κ1) is 17.5. The summed E-state index contributed by atoms with van der Waals surface area (Å²) in [5, 5.41) is 3.66. The molecule has 0 aliphatic carbocycles. The van der Waals surface area contributed by atoms with E-state index in [1.807, 2.05) is 43.3 Å². The van der Waals surface area contributed by atoms with Crippen molar-refractivity contribution in [3.05, 3.63) is 47.0 Å². The largest absolute Gasteiger partial charge is 0.454 e.